The molecule has 2 aromatic rings. The maximum absolute atomic E-state index is 12.3. The number of fused-ring (bicyclic) bond motifs is 1. The summed E-state index contributed by atoms with van der Waals surface area (Å²) >= 11 is 0. The number of aromatic nitrogens is 1. The van der Waals surface area contributed by atoms with Gasteiger partial charge in [-0.2, -0.15) is 0 Å². The van der Waals surface area contributed by atoms with E-state index in [1.807, 2.05) is 13.0 Å². The predicted molar refractivity (Wildman–Crippen MR) is 90.1 cm³/mol. The third-order valence-corrected chi connectivity index (χ3v) is 3.90. The van der Waals surface area contributed by atoms with Crippen LogP contribution in [0.25, 0.3) is 0 Å². The van der Waals surface area contributed by atoms with E-state index < -0.39 is 0 Å². The van der Waals surface area contributed by atoms with Crippen molar-refractivity contribution in [2.45, 2.75) is 26.2 Å². The molecule has 118 valence electrons. The van der Waals surface area contributed by atoms with Crippen molar-refractivity contribution in [1.29, 1.82) is 0 Å². The molecule has 0 spiro atoms. The number of nitrogens with one attached hydrogen (secondary N) is 2. The lowest BCUT2D eigenvalue weighted by molar-refractivity contribution is 0.0986. The number of nitrogens with zero attached hydrogens (tertiary/aromatic N) is 1. The summed E-state index contributed by atoms with van der Waals surface area (Å²) in [6, 6.07) is 10.6. The monoisotopic (exact) mass is 309 g/mol. The Labute approximate surface area is 135 Å². The van der Waals surface area contributed by atoms with E-state index in [9.17, 15) is 9.59 Å². The average molecular weight is 309 g/mol. The van der Waals surface area contributed by atoms with Gasteiger partial charge >= 0.3 is 0 Å². The highest BCUT2D eigenvalue weighted by Crippen LogP contribution is 2.20. The van der Waals surface area contributed by atoms with Crippen molar-refractivity contribution in [2.24, 2.45) is 0 Å². The quantitative estimate of drug-likeness (QED) is 0.850. The van der Waals surface area contributed by atoms with E-state index in [0.29, 0.717) is 23.4 Å². The first-order valence-electron chi connectivity index (χ1n) is 7.86. The first-order valence-corrected chi connectivity index (χ1v) is 7.86. The largest absolute Gasteiger partial charge is 0.384 e. The topological polar surface area (TPSA) is 71.1 Å². The second-order valence-electron chi connectivity index (χ2n) is 5.53. The molecule has 0 unspecified atom stereocenters. The fourth-order valence-electron chi connectivity index (χ4n) is 2.60. The summed E-state index contributed by atoms with van der Waals surface area (Å²) in [5.41, 5.74) is 3.66. The van der Waals surface area contributed by atoms with Crippen molar-refractivity contribution in [3.63, 3.8) is 0 Å². The number of hydrogen-bond acceptors (Lipinski definition) is 4. The van der Waals surface area contributed by atoms with Crippen molar-refractivity contribution >= 4 is 23.1 Å². The fraction of sp³-hybridized carbons (Fsp3) is 0.278. The highest BCUT2D eigenvalue weighted by atomic mass is 16.2. The number of carbonyl (C=O) groups is 2. The molecule has 2 N–H and O–H groups in total. The van der Waals surface area contributed by atoms with Gasteiger partial charge in [0.25, 0.3) is 5.91 Å². The molecule has 1 aliphatic rings. The number of aryl methyl sites for hydroxylation is 1. The van der Waals surface area contributed by atoms with Crippen LogP contribution in [-0.4, -0.2) is 23.2 Å². The Balaban J connectivity index is 1.72. The van der Waals surface area contributed by atoms with Gasteiger partial charge < -0.3 is 10.6 Å². The number of ketones is 1. The predicted octanol–water partition coefficient (Wildman–Crippen LogP) is 3.28. The SMILES string of the molecule is CCC(=O)c1ccc(NC(=O)c2ccc3c(n2)CCCN3)cc1. The number of benzene rings is 1. The Bertz CT molecular complexity index is 738. The van der Waals surface area contributed by atoms with Crippen LogP contribution in [0.2, 0.25) is 0 Å². The summed E-state index contributed by atoms with van der Waals surface area (Å²) in [4.78, 5) is 28.4. The summed E-state index contributed by atoms with van der Waals surface area (Å²) < 4.78 is 0. The van der Waals surface area contributed by atoms with Gasteiger partial charge in [0.2, 0.25) is 0 Å². The molecule has 2 heterocycles. The van der Waals surface area contributed by atoms with Crippen LogP contribution in [-0.2, 0) is 6.42 Å². The first-order chi connectivity index (χ1) is 11.2. The lowest BCUT2D eigenvalue weighted by Crippen LogP contribution is -2.18. The maximum Gasteiger partial charge on any atom is 0.274 e. The van der Waals surface area contributed by atoms with Crippen LogP contribution in [0.1, 0.15) is 46.3 Å². The summed E-state index contributed by atoms with van der Waals surface area (Å²) in [5, 5.41) is 6.09. The van der Waals surface area contributed by atoms with Crippen molar-refractivity contribution in [2.75, 3.05) is 17.2 Å². The standard InChI is InChI=1S/C18H19N3O2/c1-2-17(22)12-5-7-13(8-6-12)20-18(23)16-10-9-14-15(21-16)4-3-11-19-14/h5-10,19H,2-4,11H2,1H3,(H,20,23). The van der Waals surface area contributed by atoms with Crippen LogP contribution in [0.4, 0.5) is 11.4 Å². The molecule has 0 bridgehead atoms. The number of anilines is 2. The van der Waals surface area contributed by atoms with Gasteiger partial charge in [0.15, 0.2) is 5.78 Å². The zero-order chi connectivity index (χ0) is 16.2. The Hall–Kier alpha value is -2.69. The van der Waals surface area contributed by atoms with E-state index in [1.54, 1.807) is 30.3 Å². The minimum Gasteiger partial charge on any atom is -0.384 e. The Morgan fingerprint density at radius 1 is 1.17 bits per heavy atom. The second-order valence-corrected chi connectivity index (χ2v) is 5.53. The van der Waals surface area contributed by atoms with E-state index in [-0.39, 0.29) is 11.7 Å². The molecule has 0 radical (unpaired) electrons. The number of Topliss-reactive ketones (excluding diaryl/α,β-unsaturated/α-hetero) is 1. The third kappa shape index (κ3) is 3.39. The Morgan fingerprint density at radius 3 is 2.70 bits per heavy atom. The van der Waals surface area contributed by atoms with Crippen LogP contribution in [0, 0.1) is 0 Å². The number of carbonyl (C=O) groups excluding carboxylic acids is 2. The normalized spacial score (nSPS) is 12.9. The van der Waals surface area contributed by atoms with Crippen LogP contribution in [0.15, 0.2) is 36.4 Å². The smallest absolute Gasteiger partial charge is 0.274 e. The lowest BCUT2D eigenvalue weighted by atomic mass is 10.1. The van der Waals surface area contributed by atoms with Crippen molar-refractivity contribution in [1.82, 2.24) is 4.98 Å². The molecule has 1 aromatic heterocycles. The van der Waals surface area contributed by atoms with Crippen LogP contribution in [0.3, 0.4) is 0 Å². The van der Waals surface area contributed by atoms with E-state index in [4.69, 9.17) is 0 Å². The van der Waals surface area contributed by atoms with Gasteiger partial charge in [0.1, 0.15) is 5.69 Å². The Kier molecular flexibility index (Phi) is 4.37. The van der Waals surface area contributed by atoms with E-state index in [2.05, 4.69) is 15.6 Å². The third-order valence-electron chi connectivity index (χ3n) is 3.90. The molecular weight excluding hydrogens is 290 g/mol. The second kappa shape index (κ2) is 6.60. The fourth-order valence-corrected chi connectivity index (χ4v) is 2.60. The zero-order valence-electron chi connectivity index (χ0n) is 13.1. The van der Waals surface area contributed by atoms with Crippen molar-refractivity contribution in [3.8, 4) is 0 Å². The molecule has 0 aliphatic carbocycles. The summed E-state index contributed by atoms with van der Waals surface area (Å²) in [6.07, 6.45) is 2.38. The number of amides is 1. The molecule has 5 heteroatoms. The van der Waals surface area contributed by atoms with E-state index >= 15 is 0 Å². The van der Waals surface area contributed by atoms with Gasteiger partial charge in [-0.05, 0) is 49.2 Å². The minimum atomic E-state index is -0.243. The van der Waals surface area contributed by atoms with Gasteiger partial charge in [-0.1, -0.05) is 6.92 Å². The summed E-state index contributed by atoms with van der Waals surface area (Å²) in [6.45, 7) is 2.78. The summed E-state index contributed by atoms with van der Waals surface area (Å²) in [5.74, 6) is -0.153. The van der Waals surface area contributed by atoms with Gasteiger partial charge in [-0.3, -0.25) is 9.59 Å². The van der Waals surface area contributed by atoms with E-state index in [1.165, 1.54) is 0 Å². The molecule has 1 amide bonds. The molecule has 0 atom stereocenters. The Morgan fingerprint density at radius 2 is 1.96 bits per heavy atom. The van der Waals surface area contributed by atoms with Gasteiger partial charge in [0, 0.05) is 24.2 Å². The molecule has 1 aliphatic heterocycles. The highest BCUT2D eigenvalue weighted by molar-refractivity contribution is 6.03. The zero-order valence-corrected chi connectivity index (χ0v) is 13.1. The van der Waals surface area contributed by atoms with Crippen LogP contribution >= 0.6 is 0 Å². The molecule has 5 nitrogen and oxygen atoms in total. The van der Waals surface area contributed by atoms with Crippen LogP contribution in [0.5, 0.6) is 0 Å². The average Bonchev–Trinajstić information content (AvgIpc) is 2.61. The highest BCUT2D eigenvalue weighted by Gasteiger charge is 2.14. The number of rotatable bonds is 4. The van der Waals surface area contributed by atoms with Crippen molar-refractivity contribution < 1.29 is 9.59 Å². The number of hydrogen-bond donors (Lipinski definition) is 2. The molecule has 23 heavy (non-hydrogen) atoms. The van der Waals surface area contributed by atoms with Gasteiger partial charge in [-0.15, -0.1) is 0 Å². The molecule has 0 saturated heterocycles. The number of pyridine rings is 1. The van der Waals surface area contributed by atoms with Gasteiger partial charge in [-0.25, -0.2) is 4.98 Å². The van der Waals surface area contributed by atoms with Gasteiger partial charge in [0.05, 0.1) is 11.4 Å². The first kappa shape index (κ1) is 15.2. The van der Waals surface area contributed by atoms with E-state index in [0.717, 1.165) is 30.8 Å². The summed E-state index contributed by atoms with van der Waals surface area (Å²) in [7, 11) is 0. The minimum absolute atomic E-state index is 0.0896. The lowest BCUT2D eigenvalue weighted by Gasteiger charge is -2.17. The molecule has 1 aromatic carbocycles. The molecule has 0 fully saturated rings. The van der Waals surface area contributed by atoms with Crippen LogP contribution < -0.4 is 10.6 Å². The maximum atomic E-state index is 12.3. The van der Waals surface area contributed by atoms with Crippen molar-refractivity contribution in [3.05, 3.63) is 53.3 Å². The molecular formula is C18H19N3O2. The molecule has 3 rings (SSSR count). The molecule has 0 saturated carbocycles.